The van der Waals surface area contributed by atoms with Crippen LogP contribution in [0.5, 0.6) is 0 Å². The zero-order chi connectivity index (χ0) is 38.4. The van der Waals surface area contributed by atoms with E-state index in [1.165, 1.54) is 193 Å². The van der Waals surface area contributed by atoms with Gasteiger partial charge in [0, 0.05) is 13.0 Å². The Hall–Kier alpha value is -1.39. The summed E-state index contributed by atoms with van der Waals surface area (Å²) in [6, 6.07) is 0. The van der Waals surface area contributed by atoms with E-state index in [0.717, 1.165) is 32.1 Å². The maximum Gasteiger partial charge on any atom is 0.306 e. The van der Waals surface area contributed by atoms with Crippen LogP contribution in [0.1, 0.15) is 245 Å². The zero-order valence-corrected chi connectivity index (χ0v) is 35.8. The maximum atomic E-state index is 12.2. The van der Waals surface area contributed by atoms with Crippen molar-refractivity contribution in [2.24, 2.45) is 0 Å². The van der Waals surface area contributed by atoms with Crippen molar-refractivity contribution >= 4 is 5.97 Å². The van der Waals surface area contributed by atoms with E-state index >= 15 is 0 Å². The van der Waals surface area contributed by atoms with Crippen LogP contribution in [0.15, 0.2) is 36.5 Å². The Bertz CT molecular complexity index is 787. The molecule has 0 saturated carbocycles. The van der Waals surface area contributed by atoms with Gasteiger partial charge in [0.05, 0.1) is 13.2 Å². The highest BCUT2D eigenvalue weighted by molar-refractivity contribution is 5.69. The average Bonchev–Trinajstić information content (AvgIpc) is 3.16. The predicted molar refractivity (Wildman–Crippen MR) is 233 cm³/mol. The molecule has 0 aliphatic rings. The van der Waals surface area contributed by atoms with E-state index in [1.807, 2.05) is 0 Å². The molecule has 0 amide bonds. The Labute approximate surface area is 331 Å². The molecule has 0 aliphatic heterocycles. The van der Waals surface area contributed by atoms with Crippen molar-refractivity contribution in [1.29, 1.82) is 0 Å². The molecule has 0 bridgehead atoms. The van der Waals surface area contributed by atoms with Crippen molar-refractivity contribution in [2.75, 3.05) is 19.8 Å². The van der Waals surface area contributed by atoms with E-state index in [4.69, 9.17) is 9.47 Å². The van der Waals surface area contributed by atoms with Gasteiger partial charge in [0.15, 0.2) is 0 Å². The predicted octanol–water partition coefficient (Wildman–Crippen LogP) is 15.7. The van der Waals surface area contributed by atoms with Gasteiger partial charge in [0.25, 0.3) is 0 Å². The van der Waals surface area contributed by atoms with Gasteiger partial charge in [-0.2, -0.15) is 0 Å². The number of unbranched alkanes of at least 4 members (excludes halogenated alkanes) is 30. The minimum Gasteiger partial charge on any atom is -0.457 e. The second-order valence-electron chi connectivity index (χ2n) is 15.8. The van der Waals surface area contributed by atoms with Crippen LogP contribution in [-0.4, -0.2) is 37.0 Å². The molecule has 0 fully saturated rings. The number of rotatable bonds is 44. The first-order valence-electron chi connectivity index (χ1n) is 23.6. The highest BCUT2D eigenvalue weighted by atomic mass is 16.6. The number of carbonyl (C=O) groups excluding carboxylic acids is 1. The number of hydrogen-bond acceptors (Lipinski definition) is 4. The Kier molecular flexibility index (Phi) is 45.5. The second kappa shape index (κ2) is 46.8. The van der Waals surface area contributed by atoms with Crippen molar-refractivity contribution in [3.63, 3.8) is 0 Å². The van der Waals surface area contributed by atoms with Gasteiger partial charge in [-0.05, 0) is 51.4 Å². The summed E-state index contributed by atoms with van der Waals surface area (Å²) in [6.45, 7) is 5.36. The van der Waals surface area contributed by atoms with Gasteiger partial charge in [-0.1, -0.05) is 224 Å². The molecule has 1 atom stereocenters. The zero-order valence-electron chi connectivity index (χ0n) is 35.8. The standard InChI is InChI=1S/C49H92O4/c1-3-5-7-9-11-13-15-17-19-20-21-22-23-24-25-26-27-28-29-31-33-35-37-39-41-43-45-52-47-48(46-50)53-49(51)44-42-40-38-36-34-32-30-18-16-14-12-10-8-6-4-2/h15,17,20-21,23-24,48,50H,3-14,16,18-19,22,25-47H2,1-2H3/b17-15-,21-20-,24-23-. The molecule has 0 radical (unpaired) electrons. The fourth-order valence-corrected chi connectivity index (χ4v) is 6.93. The highest BCUT2D eigenvalue weighted by Gasteiger charge is 2.13. The number of aliphatic hydroxyl groups is 1. The van der Waals surface area contributed by atoms with Gasteiger partial charge in [-0.15, -0.1) is 0 Å². The van der Waals surface area contributed by atoms with E-state index < -0.39 is 6.10 Å². The van der Waals surface area contributed by atoms with Crippen molar-refractivity contribution in [3.8, 4) is 0 Å². The highest BCUT2D eigenvalue weighted by Crippen LogP contribution is 2.15. The summed E-state index contributed by atoms with van der Waals surface area (Å²) >= 11 is 0. The summed E-state index contributed by atoms with van der Waals surface area (Å²) < 4.78 is 11.2. The summed E-state index contributed by atoms with van der Waals surface area (Å²) in [7, 11) is 0. The molecule has 0 rings (SSSR count). The lowest BCUT2D eigenvalue weighted by atomic mass is 10.0. The number of esters is 1. The van der Waals surface area contributed by atoms with Gasteiger partial charge in [0.1, 0.15) is 6.10 Å². The van der Waals surface area contributed by atoms with Gasteiger partial charge in [-0.25, -0.2) is 0 Å². The molecule has 0 saturated heterocycles. The number of aliphatic hydroxyl groups excluding tert-OH is 1. The monoisotopic (exact) mass is 745 g/mol. The van der Waals surface area contributed by atoms with Crippen LogP contribution in [-0.2, 0) is 14.3 Å². The first-order chi connectivity index (χ1) is 26.2. The summed E-state index contributed by atoms with van der Waals surface area (Å²) in [4.78, 5) is 12.2. The quantitative estimate of drug-likeness (QED) is 0.0383. The second-order valence-corrected chi connectivity index (χ2v) is 15.8. The first-order valence-corrected chi connectivity index (χ1v) is 23.6. The number of carbonyl (C=O) groups is 1. The summed E-state index contributed by atoms with van der Waals surface area (Å²) in [5.41, 5.74) is 0. The topological polar surface area (TPSA) is 55.8 Å². The number of allylic oxidation sites excluding steroid dienone is 6. The van der Waals surface area contributed by atoms with Gasteiger partial charge in [-0.3, -0.25) is 4.79 Å². The third-order valence-corrected chi connectivity index (χ3v) is 10.5. The fourth-order valence-electron chi connectivity index (χ4n) is 6.93. The smallest absolute Gasteiger partial charge is 0.306 e. The fraction of sp³-hybridized carbons (Fsp3) is 0.857. The molecule has 0 aliphatic carbocycles. The molecule has 0 spiro atoms. The molecule has 1 unspecified atom stereocenters. The van der Waals surface area contributed by atoms with Crippen molar-refractivity contribution < 1.29 is 19.4 Å². The largest absolute Gasteiger partial charge is 0.457 e. The molecule has 0 heterocycles. The Morgan fingerprint density at radius 1 is 0.453 bits per heavy atom. The molecule has 0 aromatic carbocycles. The van der Waals surface area contributed by atoms with Crippen molar-refractivity contribution in [3.05, 3.63) is 36.5 Å². The van der Waals surface area contributed by atoms with Crippen molar-refractivity contribution in [1.82, 2.24) is 0 Å². The van der Waals surface area contributed by atoms with E-state index in [2.05, 4.69) is 50.3 Å². The minimum atomic E-state index is -0.533. The third-order valence-electron chi connectivity index (χ3n) is 10.5. The van der Waals surface area contributed by atoms with E-state index in [0.29, 0.717) is 19.6 Å². The molecule has 312 valence electrons. The normalized spacial score (nSPS) is 12.6. The number of ether oxygens (including phenoxy) is 2. The molecule has 53 heavy (non-hydrogen) atoms. The minimum absolute atomic E-state index is 0.169. The molecule has 1 N–H and O–H groups in total. The SMILES string of the molecule is CCCCCCC/C=C\C/C=C\C/C=C\CCCCCCCCCCCCCOCC(CO)OC(=O)CCCCCCCCCCCCCCCCC. The summed E-state index contributed by atoms with van der Waals surface area (Å²) in [6.07, 6.45) is 59.3. The Morgan fingerprint density at radius 2 is 0.792 bits per heavy atom. The molecule has 4 heteroatoms. The lowest BCUT2D eigenvalue weighted by Gasteiger charge is -2.16. The van der Waals surface area contributed by atoms with Crippen LogP contribution in [0.2, 0.25) is 0 Å². The molecular weight excluding hydrogens is 653 g/mol. The lowest BCUT2D eigenvalue weighted by Crippen LogP contribution is -2.27. The lowest BCUT2D eigenvalue weighted by molar-refractivity contribution is -0.154. The van der Waals surface area contributed by atoms with E-state index in [-0.39, 0.29) is 12.6 Å². The van der Waals surface area contributed by atoms with Crippen LogP contribution in [0.4, 0.5) is 0 Å². The Morgan fingerprint density at radius 3 is 1.19 bits per heavy atom. The van der Waals surface area contributed by atoms with Crippen LogP contribution >= 0.6 is 0 Å². The summed E-state index contributed by atoms with van der Waals surface area (Å²) in [5, 5.41) is 9.62. The van der Waals surface area contributed by atoms with Crippen LogP contribution < -0.4 is 0 Å². The van der Waals surface area contributed by atoms with Gasteiger partial charge in [0.2, 0.25) is 0 Å². The maximum absolute atomic E-state index is 12.2. The molecule has 0 aromatic rings. The van der Waals surface area contributed by atoms with E-state index in [1.54, 1.807) is 0 Å². The van der Waals surface area contributed by atoms with Gasteiger partial charge < -0.3 is 14.6 Å². The van der Waals surface area contributed by atoms with Crippen molar-refractivity contribution in [2.45, 2.75) is 251 Å². The average molecular weight is 745 g/mol. The van der Waals surface area contributed by atoms with Crippen LogP contribution in [0.3, 0.4) is 0 Å². The summed E-state index contributed by atoms with van der Waals surface area (Å²) in [5.74, 6) is -0.198. The van der Waals surface area contributed by atoms with E-state index in [9.17, 15) is 9.90 Å². The number of hydrogen-bond donors (Lipinski definition) is 1. The van der Waals surface area contributed by atoms with Gasteiger partial charge >= 0.3 is 5.97 Å². The molecule has 0 aromatic heterocycles. The Balaban J connectivity index is 3.40. The third kappa shape index (κ3) is 44.9. The molecule has 4 nitrogen and oxygen atoms in total. The van der Waals surface area contributed by atoms with Crippen LogP contribution in [0, 0.1) is 0 Å². The first kappa shape index (κ1) is 51.6. The molecular formula is C49H92O4. The van der Waals surface area contributed by atoms with Crippen LogP contribution in [0.25, 0.3) is 0 Å².